The van der Waals surface area contributed by atoms with Crippen LogP contribution in [0.25, 0.3) is 0 Å². The third-order valence-corrected chi connectivity index (χ3v) is 4.19. The van der Waals surface area contributed by atoms with E-state index in [1.165, 1.54) is 24.7 Å². The Labute approximate surface area is 62.3 Å². The van der Waals surface area contributed by atoms with Gasteiger partial charge in [-0.25, -0.2) is 0 Å². The molecule has 0 bridgehead atoms. The van der Waals surface area contributed by atoms with Crippen molar-refractivity contribution in [2.45, 2.75) is 19.3 Å². The van der Waals surface area contributed by atoms with E-state index in [1.54, 1.807) is 6.42 Å². The van der Waals surface area contributed by atoms with Crippen molar-refractivity contribution in [3.8, 4) is 0 Å². The van der Waals surface area contributed by atoms with E-state index < -0.39 is 0 Å². The molecule has 0 aromatic heterocycles. The number of rotatable bonds is 1. The summed E-state index contributed by atoms with van der Waals surface area (Å²) in [5.41, 5.74) is 0. The lowest BCUT2D eigenvalue weighted by Crippen LogP contribution is -2.46. The number of hydrogen-bond donors (Lipinski definition) is 0. The van der Waals surface area contributed by atoms with Crippen molar-refractivity contribution in [3.05, 3.63) is 12.7 Å². The Balaban J connectivity index is 1.88. The molecule has 5 atom stereocenters. The van der Waals surface area contributed by atoms with Crippen LogP contribution in [-0.2, 0) is 0 Å². The van der Waals surface area contributed by atoms with Gasteiger partial charge in [-0.1, -0.05) is 6.08 Å². The van der Waals surface area contributed by atoms with Gasteiger partial charge in [0.1, 0.15) is 0 Å². The smallest absolute Gasteiger partial charge is 0.0202 e. The minimum Gasteiger partial charge on any atom is -0.103 e. The second-order valence-corrected chi connectivity index (χ2v) is 4.37. The third kappa shape index (κ3) is 0.398. The summed E-state index contributed by atoms with van der Waals surface area (Å²) >= 11 is 0. The Hall–Kier alpha value is -0.260. The van der Waals surface area contributed by atoms with Crippen LogP contribution >= 0.6 is 0 Å². The third-order valence-electron chi connectivity index (χ3n) is 4.19. The fourth-order valence-electron chi connectivity index (χ4n) is 3.66. The predicted molar refractivity (Wildman–Crippen MR) is 41.5 cm³/mol. The van der Waals surface area contributed by atoms with Crippen LogP contribution in [-0.4, -0.2) is 0 Å². The molecule has 3 rings (SSSR count). The van der Waals surface area contributed by atoms with Crippen LogP contribution in [0.2, 0.25) is 0 Å². The average Bonchev–Trinajstić information content (AvgIpc) is 2.06. The van der Waals surface area contributed by atoms with Crippen molar-refractivity contribution >= 4 is 0 Å². The van der Waals surface area contributed by atoms with Crippen LogP contribution in [0.4, 0.5) is 0 Å². The molecular formula is C10H14. The van der Waals surface area contributed by atoms with Gasteiger partial charge >= 0.3 is 0 Å². The maximum absolute atomic E-state index is 3.91. The first-order valence-electron chi connectivity index (χ1n) is 4.52. The van der Waals surface area contributed by atoms with Crippen molar-refractivity contribution in [3.63, 3.8) is 0 Å². The standard InChI is InChI=1S/C10H14/c1-2-6-3-7-4-8-5-9(6)10(7)8/h2,6-10H,1,3-5H2/t6-,7?,8?,9?,10?/m1/s1. The summed E-state index contributed by atoms with van der Waals surface area (Å²) < 4.78 is 0. The summed E-state index contributed by atoms with van der Waals surface area (Å²) in [5, 5.41) is 0. The van der Waals surface area contributed by atoms with Crippen molar-refractivity contribution in [2.75, 3.05) is 0 Å². The lowest BCUT2D eigenvalue weighted by Gasteiger charge is -2.53. The minimum atomic E-state index is 0.911. The van der Waals surface area contributed by atoms with Crippen LogP contribution in [0, 0.1) is 29.6 Å². The second kappa shape index (κ2) is 1.49. The van der Waals surface area contributed by atoms with Gasteiger partial charge in [0.25, 0.3) is 0 Å². The molecule has 0 amide bonds. The highest BCUT2D eigenvalue weighted by atomic mass is 14.6. The van der Waals surface area contributed by atoms with E-state index in [-0.39, 0.29) is 0 Å². The van der Waals surface area contributed by atoms with Crippen molar-refractivity contribution < 1.29 is 0 Å². The monoisotopic (exact) mass is 134 g/mol. The van der Waals surface area contributed by atoms with Gasteiger partial charge in [-0.3, -0.25) is 0 Å². The lowest BCUT2D eigenvalue weighted by atomic mass is 9.51. The van der Waals surface area contributed by atoms with Crippen LogP contribution in [0.1, 0.15) is 19.3 Å². The lowest BCUT2D eigenvalue weighted by molar-refractivity contribution is -0.0448. The molecule has 3 saturated carbocycles. The summed E-state index contributed by atoms with van der Waals surface area (Å²) in [6, 6.07) is 0. The first-order valence-corrected chi connectivity index (χ1v) is 4.52. The fourth-order valence-corrected chi connectivity index (χ4v) is 3.66. The second-order valence-electron chi connectivity index (χ2n) is 4.37. The highest BCUT2D eigenvalue weighted by Crippen LogP contribution is 2.67. The Morgan fingerprint density at radius 3 is 2.50 bits per heavy atom. The Morgan fingerprint density at radius 1 is 1.10 bits per heavy atom. The van der Waals surface area contributed by atoms with E-state index in [0.717, 1.165) is 17.8 Å². The predicted octanol–water partition coefficient (Wildman–Crippen LogP) is 2.46. The van der Waals surface area contributed by atoms with Gasteiger partial charge in [-0.2, -0.15) is 0 Å². The minimum absolute atomic E-state index is 0.911. The van der Waals surface area contributed by atoms with Gasteiger partial charge < -0.3 is 0 Å². The van der Waals surface area contributed by atoms with Crippen LogP contribution in [0.3, 0.4) is 0 Å². The molecule has 4 unspecified atom stereocenters. The van der Waals surface area contributed by atoms with Crippen molar-refractivity contribution in [2.24, 2.45) is 29.6 Å². The largest absolute Gasteiger partial charge is 0.103 e. The zero-order chi connectivity index (χ0) is 6.72. The van der Waals surface area contributed by atoms with Gasteiger partial charge in [-0.15, -0.1) is 6.58 Å². The number of hydrogen-bond acceptors (Lipinski definition) is 0. The molecule has 0 aliphatic heterocycles. The van der Waals surface area contributed by atoms with Gasteiger partial charge in [0.05, 0.1) is 0 Å². The molecule has 0 aromatic carbocycles. The molecule has 3 fully saturated rings. The summed E-state index contributed by atoms with van der Waals surface area (Å²) in [7, 11) is 0. The zero-order valence-corrected chi connectivity index (χ0v) is 6.29. The maximum atomic E-state index is 3.91. The fraction of sp³-hybridized carbons (Fsp3) is 0.800. The normalized spacial score (nSPS) is 62.2. The maximum Gasteiger partial charge on any atom is -0.0202 e. The molecule has 3 aliphatic carbocycles. The van der Waals surface area contributed by atoms with Gasteiger partial charge in [0, 0.05) is 0 Å². The molecule has 0 heteroatoms. The molecule has 0 N–H and O–H groups in total. The topological polar surface area (TPSA) is 0 Å². The van der Waals surface area contributed by atoms with Gasteiger partial charge in [0.2, 0.25) is 0 Å². The summed E-state index contributed by atoms with van der Waals surface area (Å²) in [5.74, 6) is 5.46. The van der Waals surface area contributed by atoms with E-state index in [9.17, 15) is 0 Å². The van der Waals surface area contributed by atoms with E-state index in [0.29, 0.717) is 0 Å². The Bertz CT molecular complexity index is 182. The molecule has 0 radical (unpaired) electrons. The van der Waals surface area contributed by atoms with Crippen LogP contribution in [0.5, 0.6) is 0 Å². The van der Waals surface area contributed by atoms with E-state index in [1.807, 2.05) is 0 Å². The molecule has 0 aromatic rings. The molecule has 54 valence electrons. The van der Waals surface area contributed by atoms with E-state index in [2.05, 4.69) is 12.7 Å². The Kier molecular flexibility index (Phi) is 0.805. The molecule has 10 heavy (non-hydrogen) atoms. The summed E-state index contributed by atoms with van der Waals surface area (Å²) in [6.07, 6.45) is 6.79. The van der Waals surface area contributed by atoms with Crippen molar-refractivity contribution in [1.82, 2.24) is 0 Å². The average molecular weight is 134 g/mol. The highest BCUT2D eigenvalue weighted by molar-refractivity contribution is 5.12. The molecular weight excluding hydrogens is 120 g/mol. The first-order chi connectivity index (χ1) is 4.90. The van der Waals surface area contributed by atoms with Crippen molar-refractivity contribution in [1.29, 1.82) is 0 Å². The van der Waals surface area contributed by atoms with E-state index in [4.69, 9.17) is 0 Å². The Morgan fingerprint density at radius 2 is 1.90 bits per heavy atom. The molecule has 0 nitrogen and oxygen atoms in total. The van der Waals surface area contributed by atoms with Gasteiger partial charge in [0.15, 0.2) is 0 Å². The zero-order valence-electron chi connectivity index (χ0n) is 6.29. The summed E-state index contributed by atoms with van der Waals surface area (Å²) in [4.78, 5) is 0. The SMILES string of the molecule is C=C[C@@H]1CC2CC3CC1C32. The quantitative estimate of drug-likeness (QED) is 0.483. The highest BCUT2D eigenvalue weighted by Gasteiger charge is 2.60. The summed E-state index contributed by atoms with van der Waals surface area (Å²) in [6.45, 7) is 3.91. The number of allylic oxidation sites excluding steroid dienone is 1. The molecule has 0 heterocycles. The van der Waals surface area contributed by atoms with Crippen LogP contribution < -0.4 is 0 Å². The molecule has 3 aliphatic rings. The first kappa shape index (κ1) is 5.40. The van der Waals surface area contributed by atoms with Crippen LogP contribution in [0.15, 0.2) is 12.7 Å². The van der Waals surface area contributed by atoms with Gasteiger partial charge in [-0.05, 0) is 48.9 Å². The molecule has 0 spiro atoms. The molecule has 0 saturated heterocycles. The van der Waals surface area contributed by atoms with E-state index >= 15 is 0 Å².